The molecule has 3 amide bonds. The Bertz CT molecular complexity index is 961. The van der Waals surface area contributed by atoms with Gasteiger partial charge in [0.05, 0.1) is 10.6 Å². The molecule has 2 aliphatic rings. The van der Waals surface area contributed by atoms with Crippen LogP contribution in [0.15, 0.2) is 41.3 Å². The highest BCUT2D eigenvalue weighted by Crippen LogP contribution is 2.41. The van der Waals surface area contributed by atoms with Crippen molar-refractivity contribution >= 4 is 38.4 Å². The van der Waals surface area contributed by atoms with E-state index in [-0.39, 0.29) is 10.9 Å². The Morgan fingerprint density at radius 1 is 1.12 bits per heavy atom. The first-order chi connectivity index (χ1) is 11.5. The lowest BCUT2D eigenvalue weighted by atomic mass is 10.1. The fourth-order valence-corrected chi connectivity index (χ4v) is 4.54. The van der Waals surface area contributed by atoms with Crippen LogP contribution in [-0.4, -0.2) is 32.9 Å². The summed E-state index contributed by atoms with van der Waals surface area (Å²) in [6.45, 7) is -0.436. The van der Waals surface area contributed by atoms with E-state index in [0.29, 0.717) is 11.1 Å². The number of nitrogens with zero attached hydrogens (tertiary/aromatic N) is 1. The van der Waals surface area contributed by atoms with Crippen LogP contribution in [0.1, 0.15) is 12.8 Å². The van der Waals surface area contributed by atoms with Gasteiger partial charge in [-0.05, 0) is 30.4 Å². The van der Waals surface area contributed by atoms with E-state index < -0.39 is 28.5 Å². The molecule has 0 aromatic heterocycles. The highest BCUT2D eigenvalue weighted by atomic mass is 32.2. The maximum atomic E-state index is 12.7. The minimum Gasteiger partial charge on any atom is -0.335 e. The Morgan fingerprint density at radius 3 is 2.54 bits per heavy atom. The molecule has 7 nitrogen and oxygen atoms in total. The van der Waals surface area contributed by atoms with Gasteiger partial charge in [-0.3, -0.25) is 14.4 Å². The van der Waals surface area contributed by atoms with E-state index in [4.69, 9.17) is 0 Å². The number of imide groups is 1. The summed E-state index contributed by atoms with van der Waals surface area (Å²) in [6.07, 6.45) is 1.80. The van der Waals surface area contributed by atoms with E-state index in [9.17, 15) is 18.0 Å². The number of sulfonamides is 1. The second-order valence-electron chi connectivity index (χ2n) is 5.94. The Hall–Kier alpha value is -2.61. The van der Waals surface area contributed by atoms with Gasteiger partial charge in [-0.15, -0.1) is 0 Å². The van der Waals surface area contributed by atoms with E-state index in [1.54, 1.807) is 18.2 Å². The molecule has 1 heterocycles. The highest BCUT2D eigenvalue weighted by molar-refractivity contribution is 7.93. The summed E-state index contributed by atoms with van der Waals surface area (Å²) in [4.78, 5) is 23.9. The van der Waals surface area contributed by atoms with Crippen molar-refractivity contribution in [2.75, 3.05) is 10.8 Å². The predicted molar refractivity (Wildman–Crippen MR) is 88.2 cm³/mol. The molecule has 0 atom stereocenters. The molecular weight excluding hydrogens is 330 g/mol. The smallest absolute Gasteiger partial charge is 0.321 e. The molecule has 4 rings (SSSR count). The van der Waals surface area contributed by atoms with Gasteiger partial charge in [-0.25, -0.2) is 13.2 Å². The lowest BCUT2D eigenvalue weighted by Crippen LogP contribution is -2.45. The lowest BCUT2D eigenvalue weighted by molar-refractivity contribution is -0.118. The molecule has 1 aliphatic carbocycles. The fraction of sp³-hybridized carbons (Fsp3) is 0.250. The zero-order chi connectivity index (χ0) is 16.9. The monoisotopic (exact) mass is 345 g/mol. The number of carbonyl (C=O) groups excluding carboxylic acids is 2. The predicted octanol–water partition coefficient (Wildman–Crippen LogP) is 1.34. The number of amides is 3. The molecule has 0 unspecified atom stereocenters. The van der Waals surface area contributed by atoms with Crippen molar-refractivity contribution < 1.29 is 18.0 Å². The second kappa shape index (κ2) is 5.20. The third kappa shape index (κ3) is 2.39. The number of carbonyl (C=O) groups is 2. The van der Waals surface area contributed by atoms with Crippen LogP contribution in [0.2, 0.25) is 0 Å². The lowest BCUT2D eigenvalue weighted by Gasteiger charge is -2.18. The number of rotatable bonds is 3. The number of benzene rings is 2. The summed E-state index contributed by atoms with van der Waals surface area (Å²) in [6, 6.07) is 9.78. The van der Waals surface area contributed by atoms with Crippen molar-refractivity contribution in [2.45, 2.75) is 23.8 Å². The van der Waals surface area contributed by atoms with Crippen LogP contribution in [0.25, 0.3) is 10.8 Å². The quantitative estimate of drug-likeness (QED) is 0.877. The van der Waals surface area contributed by atoms with E-state index in [2.05, 4.69) is 10.6 Å². The van der Waals surface area contributed by atoms with Crippen molar-refractivity contribution in [2.24, 2.45) is 0 Å². The standard InChI is InChI=1S/C16H15N3O4S/c20-14(18-16(21)17-11-7-8-11)9-19-12-5-1-3-10-4-2-6-13(15(10)12)24(19,22)23/h1-6,11H,7-9H2,(H2,17,18,20,21). The fourth-order valence-electron chi connectivity index (χ4n) is 2.87. The van der Waals surface area contributed by atoms with Crippen LogP contribution < -0.4 is 14.9 Å². The molecule has 0 bridgehead atoms. The van der Waals surface area contributed by atoms with Crippen LogP contribution in [-0.2, 0) is 14.8 Å². The largest absolute Gasteiger partial charge is 0.335 e. The van der Waals surface area contributed by atoms with Crippen molar-refractivity contribution in [1.29, 1.82) is 0 Å². The number of nitrogens with one attached hydrogen (secondary N) is 2. The molecule has 2 N–H and O–H groups in total. The van der Waals surface area contributed by atoms with Crippen molar-refractivity contribution in [3.63, 3.8) is 0 Å². The van der Waals surface area contributed by atoms with Crippen molar-refractivity contribution in [1.82, 2.24) is 10.6 Å². The Morgan fingerprint density at radius 2 is 1.83 bits per heavy atom. The zero-order valence-corrected chi connectivity index (χ0v) is 13.5. The highest BCUT2D eigenvalue weighted by Gasteiger charge is 2.37. The van der Waals surface area contributed by atoms with Crippen LogP contribution in [0.4, 0.5) is 10.5 Å². The number of urea groups is 1. The van der Waals surface area contributed by atoms with Crippen molar-refractivity contribution in [3.05, 3.63) is 36.4 Å². The molecule has 0 radical (unpaired) electrons. The zero-order valence-electron chi connectivity index (χ0n) is 12.7. The van der Waals surface area contributed by atoms with Gasteiger partial charge >= 0.3 is 6.03 Å². The number of anilines is 1. The maximum absolute atomic E-state index is 12.7. The summed E-state index contributed by atoms with van der Waals surface area (Å²) in [5, 5.41) is 6.21. The normalized spacial score (nSPS) is 17.8. The number of hydrogen-bond acceptors (Lipinski definition) is 4. The topological polar surface area (TPSA) is 95.6 Å². The van der Waals surface area contributed by atoms with Gasteiger partial charge in [0.15, 0.2) is 0 Å². The molecule has 1 saturated carbocycles. The molecule has 0 saturated heterocycles. The summed E-state index contributed by atoms with van der Waals surface area (Å²) in [7, 11) is -3.80. The van der Waals surface area contributed by atoms with E-state index in [1.807, 2.05) is 12.1 Å². The molecule has 124 valence electrons. The first-order valence-corrected chi connectivity index (χ1v) is 9.05. The van der Waals surface area contributed by atoms with Gasteiger partial charge in [-0.1, -0.05) is 24.3 Å². The van der Waals surface area contributed by atoms with Gasteiger partial charge in [0, 0.05) is 11.4 Å². The Labute approximate surface area is 138 Å². The van der Waals surface area contributed by atoms with Gasteiger partial charge in [0.1, 0.15) is 6.54 Å². The van der Waals surface area contributed by atoms with Crippen molar-refractivity contribution in [3.8, 4) is 0 Å². The third-order valence-corrected chi connectivity index (χ3v) is 5.94. The summed E-state index contributed by atoms with van der Waals surface area (Å²) < 4.78 is 26.5. The van der Waals surface area contributed by atoms with Gasteiger partial charge in [0.25, 0.3) is 10.0 Å². The van der Waals surface area contributed by atoms with Gasteiger partial charge in [0.2, 0.25) is 5.91 Å². The first-order valence-electron chi connectivity index (χ1n) is 7.61. The molecule has 24 heavy (non-hydrogen) atoms. The molecular formula is C16H15N3O4S. The Kier molecular flexibility index (Phi) is 3.24. The molecule has 8 heteroatoms. The molecule has 0 spiro atoms. The molecule has 2 aromatic rings. The summed E-state index contributed by atoms with van der Waals surface area (Å²) >= 11 is 0. The van der Waals surface area contributed by atoms with E-state index in [0.717, 1.165) is 22.5 Å². The summed E-state index contributed by atoms with van der Waals surface area (Å²) in [5.41, 5.74) is 0.459. The third-order valence-electron chi connectivity index (χ3n) is 4.13. The molecule has 1 aliphatic heterocycles. The first kappa shape index (κ1) is 14.9. The van der Waals surface area contributed by atoms with Crippen LogP contribution in [0.5, 0.6) is 0 Å². The minimum atomic E-state index is -3.80. The molecule has 2 aromatic carbocycles. The van der Waals surface area contributed by atoms with Crippen LogP contribution in [0, 0.1) is 0 Å². The van der Waals surface area contributed by atoms with E-state index in [1.165, 1.54) is 6.07 Å². The van der Waals surface area contributed by atoms with Crippen LogP contribution >= 0.6 is 0 Å². The van der Waals surface area contributed by atoms with Gasteiger partial charge in [-0.2, -0.15) is 0 Å². The second-order valence-corrected chi connectivity index (χ2v) is 7.77. The SMILES string of the molecule is O=C(CN1c2cccc3cccc(c23)S1(=O)=O)NC(=O)NC1CC1. The Balaban J connectivity index is 1.61. The molecule has 1 fully saturated rings. The van der Waals surface area contributed by atoms with Gasteiger partial charge < -0.3 is 5.32 Å². The minimum absolute atomic E-state index is 0.117. The maximum Gasteiger partial charge on any atom is 0.321 e. The number of hydrogen-bond donors (Lipinski definition) is 2. The summed E-state index contributed by atoms with van der Waals surface area (Å²) in [5.74, 6) is -0.665. The van der Waals surface area contributed by atoms with Crippen LogP contribution in [0.3, 0.4) is 0 Å². The van der Waals surface area contributed by atoms with E-state index >= 15 is 0 Å². The average Bonchev–Trinajstić information content (AvgIpc) is 3.31. The average molecular weight is 345 g/mol.